The molecule has 0 bridgehead atoms. The summed E-state index contributed by atoms with van der Waals surface area (Å²) in [5.74, 6) is 0.602. The molecule has 0 aromatic heterocycles. The Morgan fingerprint density at radius 2 is 1.75 bits per heavy atom. The maximum absolute atomic E-state index is 5.96. The Hall–Kier alpha value is -1.55. The number of amidine groups is 1. The molecule has 0 saturated carbocycles. The fraction of sp³-hybridized carbons (Fsp3) is 0.417. The van der Waals surface area contributed by atoms with Gasteiger partial charge in [-0.2, -0.15) is 5.10 Å². The van der Waals surface area contributed by atoms with Crippen LogP contribution in [-0.4, -0.2) is 49.0 Å². The molecule has 16 heavy (non-hydrogen) atoms. The van der Waals surface area contributed by atoms with E-state index in [0.29, 0.717) is 5.84 Å². The number of rotatable bonds is 2. The second kappa shape index (κ2) is 4.99. The Balaban J connectivity index is 2.02. The van der Waals surface area contributed by atoms with Gasteiger partial charge in [-0.15, -0.1) is 0 Å². The predicted octanol–water partition coefficient (Wildman–Crippen LogP) is 0.554. The molecule has 1 heterocycles. The summed E-state index contributed by atoms with van der Waals surface area (Å²) in [6.45, 7) is 3.99. The lowest BCUT2D eigenvalue weighted by Gasteiger charge is -2.30. The van der Waals surface area contributed by atoms with Crippen LogP contribution >= 0.6 is 0 Å². The Labute approximate surface area is 96.3 Å². The van der Waals surface area contributed by atoms with E-state index < -0.39 is 0 Å². The van der Waals surface area contributed by atoms with Crippen LogP contribution in [-0.2, 0) is 0 Å². The standard InChI is InChI=1S/C12H18N4/c1-15-7-9-16(10-8-15)14-12(13)11-5-3-2-4-6-11/h2-6H,7-10H2,1H3,(H2,13,14). The monoisotopic (exact) mass is 218 g/mol. The number of nitrogens with zero attached hydrogens (tertiary/aromatic N) is 3. The Kier molecular flexibility index (Phi) is 3.41. The highest BCUT2D eigenvalue weighted by Crippen LogP contribution is 2.03. The van der Waals surface area contributed by atoms with Gasteiger partial charge in [0.2, 0.25) is 0 Å². The quantitative estimate of drug-likeness (QED) is 0.582. The van der Waals surface area contributed by atoms with Crippen LogP contribution in [0.25, 0.3) is 0 Å². The molecule has 0 atom stereocenters. The van der Waals surface area contributed by atoms with E-state index in [1.807, 2.05) is 35.3 Å². The molecule has 2 rings (SSSR count). The summed E-state index contributed by atoms with van der Waals surface area (Å²) in [4.78, 5) is 2.30. The summed E-state index contributed by atoms with van der Waals surface area (Å²) >= 11 is 0. The van der Waals surface area contributed by atoms with E-state index in [1.165, 1.54) is 0 Å². The Morgan fingerprint density at radius 3 is 2.38 bits per heavy atom. The van der Waals surface area contributed by atoms with Crippen molar-refractivity contribution >= 4 is 5.84 Å². The van der Waals surface area contributed by atoms with Crippen molar-refractivity contribution in [2.45, 2.75) is 0 Å². The number of hydrazone groups is 1. The zero-order chi connectivity index (χ0) is 11.4. The van der Waals surface area contributed by atoms with Gasteiger partial charge in [-0.25, -0.2) is 0 Å². The third kappa shape index (κ3) is 2.73. The zero-order valence-corrected chi connectivity index (χ0v) is 9.63. The van der Waals surface area contributed by atoms with Crippen LogP contribution < -0.4 is 5.73 Å². The summed E-state index contributed by atoms with van der Waals surface area (Å²) < 4.78 is 0. The molecule has 1 aliphatic rings. The van der Waals surface area contributed by atoms with E-state index >= 15 is 0 Å². The van der Waals surface area contributed by atoms with Gasteiger partial charge in [-0.1, -0.05) is 30.3 Å². The average Bonchev–Trinajstić information content (AvgIpc) is 2.33. The van der Waals surface area contributed by atoms with Gasteiger partial charge in [0.25, 0.3) is 0 Å². The van der Waals surface area contributed by atoms with Crippen LogP contribution in [0.2, 0.25) is 0 Å². The minimum atomic E-state index is 0.602. The SMILES string of the molecule is CN1CCN(/N=C(\N)c2ccccc2)CC1. The van der Waals surface area contributed by atoms with Gasteiger partial charge in [-0.3, -0.25) is 5.01 Å². The minimum absolute atomic E-state index is 0.602. The van der Waals surface area contributed by atoms with Crippen LogP contribution in [0.15, 0.2) is 35.4 Å². The first-order valence-corrected chi connectivity index (χ1v) is 5.59. The van der Waals surface area contributed by atoms with E-state index in [1.54, 1.807) is 0 Å². The molecule has 1 aromatic carbocycles. The molecule has 0 radical (unpaired) electrons. The zero-order valence-electron chi connectivity index (χ0n) is 9.63. The lowest BCUT2D eigenvalue weighted by Crippen LogP contribution is -2.42. The molecular formula is C12H18N4. The molecule has 4 heteroatoms. The van der Waals surface area contributed by atoms with Crippen LogP contribution in [0.1, 0.15) is 5.56 Å². The van der Waals surface area contributed by atoms with Crippen LogP contribution in [0, 0.1) is 0 Å². The van der Waals surface area contributed by atoms with Crippen LogP contribution in [0.5, 0.6) is 0 Å². The maximum Gasteiger partial charge on any atom is 0.150 e. The smallest absolute Gasteiger partial charge is 0.150 e. The van der Waals surface area contributed by atoms with Crippen molar-refractivity contribution in [1.29, 1.82) is 0 Å². The third-order valence-electron chi connectivity index (χ3n) is 2.80. The molecule has 2 N–H and O–H groups in total. The van der Waals surface area contributed by atoms with Crippen molar-refractivity contribution < 1.29 is 0 Å². The van der Waals surface area contributed by atoms with E-state index in [4.69, 9.17) is 5.73 Å². The van der Waals surface area contributed by atoms with Gasteiger partial charge in [-0.05, 0) is 7.05 Å². The summed E-state index contributed by atoms with van der Waals surface area (Å²) in [7, 11) is 2.13. The molecule has 0 spiro atoms. The van der Waals surface area contributed by atoms with Gasteiger partial charge in [0.05, 0.1) is 0 Å². The van der Waals surface area contributed by atoms with Gasteiger partial charge in [0, 0.05) is 31.7 Å². The van der Waals surface area contributed by atoms with E-state index in [2.05, 4.69) is 17.0 Å². The highest BCUT2D eigenvalue weighted by molar-refractivity contribution is 5.97. The van der Waals surface area contributed by atoms with Crippen molar-refractivity contribution in [2.24, 2.45) is 10.8 Å². The highest BCUT2D eigenvalue weighted by Gasteiger charge is 2.12. The lowest BCUT2D eigenvalue weighted by molar-refractivity contribution is 0.159. The molecule has 86 valence electrons. The van der Waals surface area contributed by atoms with Crippen molar-refractivity contribution in [1.82, 2.24) is 9.91 Å². The predicted molar refractivity (Wildman–Crippen MR) is 66.2 cm³/mol. The second-order valence-electron chi connectivity index (χ2n) is 4.11. The molecule has 1 aliphatic heterocycles. The van der Waals surface area contributed by atoms with E-state index in [-0.39, 0.29) is 0 Å². The largest absolute Gasteiger partial charge is 0.382 e. The van der Waals surface area contributed by atoms with Crippen molar-refractivity contribution in [3.8, 4) is 0 Å². The van der Waals surface area contributed by atoms with Gasteiger partial charge < -0.3 is 10.6 Å². The molecule has 0 aliphatic carbocycles. The average molecular weight is 218 g/mol. The lowest BCUT2D eigenvalue weighted by atomic mass is 10.2. The van der Waals surface area contributed by atoms with Crippen molar-refractivity contribution in [2.75, 3.05) is 33.2 Å². The molecule has 0 amide bonds. The first kappa shape index (κ1) is 11.0. The highest BCUT2D eigenvalue weighted by atomic mass is 15.5. The minimum Gasteiger partial charge on any atom is -0.382 e. The van der Waals surface area contributed by atoms with Crippen LogP contribution in [0.4, 0.5) is 0 Å². The molecule has 0 unspecified atom stereocenters. The molecule has 1 fully saturated rings. The summed E-state index contributed by atoms with van der Waals surface area (Å²) in [6.07, 6.45) is 0. The normalized spacial score (nSPS) is 18.8. The topological polar surface area (TPSA) is 44.9 Å². The van der Waals surface area contributed by atoms with Gasteiger partial charge >= 0.3 is 0 Å². The van der Waals surface area contributed by atoms with E-state index in [9.17, 15) is 0 Å². The Morgan fingerprint density at radius 1 is 1.12 bits per heavy atom. The van der Waals surface area contributed by atoms with Gasteiger partial charge in [0.1, 0.15) is 0 Å². The molecule has 4 nitrogen and oxygen atoms in total. The molecule has 1 saturated heterocycles. The molecular weight excluding hydrogens is 200 g/mol. The first-order chi connectivity index (χ1) is 7.75. The van der Waals surface area contributed by atoms with Crippen LogP contribution in [0.3, 0.4) is 0 Å². The number of likely N-dealkylation sites (N-methyl/N-ethyl adjacent to an activating group) is 1. The Bertz CT molecular complexity index is 353. The molecule has 1 aromatic rings. The fourth-order valence-electron chi connectivity index (χ4n) is 1.71. The summed E-state index contributed by atoms with van der Waals surface area (Å²) in [5, 5.41) is 6.49. The number of nitrogens with two attached hydrogens (primary N) is 1. The summed E-state index contributed by atoms with van der Waals surface area (Å²) in [5.41, 5.74) is 6.94. The van der Waals surface area contributed by atoms with Gasteiger partial charge in [0.15, 0.2) is 5.84 Å². The summed E-state index contributed by atoms with van der Waals surface area (Å²) in [6, 6.07) is 9.89. The van der Waals surface area contributed by atoms with Crippen molar-refractivity contribution in [3.63, 3.8) is 0 Å². The van der Waals surface area contributed by atoms with E-state index in [0.717, 1.165) is 31.7 Å². The number of hydrogen-bond acceptors (Lipinski definition) is 3. The number of hydrogen-bond donors (Lipinski definition) is 1. The second-order valence-corrected chi connectivity index (χ2v) is 4.11. The maximum atomic E-state index is 5.96. The van der Waals surface area contributed by atoms with Crippen molar-refractivity contribution in [3.05, 3.63) is 35.9 Å². The number of piperazine rings is 1. The fourth-order valence-corrected chi connectivity index (χ4v) is 1.71. The number of benzene rings is 1. The first-order valence-electron chi connectivity index (χ1n) is 5.59. The third-order valence-corrected chi connectivity index (χ3v) is 2.80.